The first kappa shape index (κ1) is 13.9. The lowest BCUT2D eigenvalue weighted by atomic mass is 10.3. The molecule has 98 valence electrons. The minimum absolute atomic E-state index is 0.0176. The Hall–Kier alpha value is -1.56. The molecular weight excluding hydrogens is 311 g/mol. The summed E-state index contributed by atoms with van der Waals surface area (Å²) in [7, 11) is 0. The molecule has 2 amide bonds. The van der Waals surface area contributed by atoms with E-state index < -0.39 is 6.03 Å². The number of carbonyl (C=O) groups excluding carboxylic acids is 1. The molecule has 0 aliphatic carbocycles. The van der Waals surface area contributed by atoms with E-state index in [4.69, 9.17) is 34.8 Å². The van der Waals surface area contributed by atoms with Gasteiger partial charge in [0, 0.05) is 16.8 Å². The fraction of sp³-hybridized carbons (Fsp3) is 0. The molecule has 0 saturated heterocycles. The molecule has 1 aromatic heterocycles. The van der Waals surface area contributed by atoms with Crippen molar-refractivity contribution in [3.05, 3.63) is 45.7 Å². The first-order valence-electron chi connectivity index (χ1n) is 5.06. The van der Waals surface area contributed by atoms with Crippen LogP contribution in [0.5, 0.6) is 0 Å². The Balaban J connectivity index is 2.03. The van der Waals surface area contributed by atoms with Crippen LogP contribution in [0.25, 0.3) is 0 Å². The zero-order valence-electron chi connectivity index (χ0n) is 9.32. The zero-order chi connectivity index (χ0) is 13.8. The number of benzene rings is 1. The Labute approximate surface area is 123 Å². The van der Waals surface area contributed by atoms with Crippen LogP contribution in [-0.4, -0.2) is 16.0 Å². The van der Waals surface area contributed by atoms with Crippen LogP contribution in [0.2, 0.25) is 15.3 Å². The zero-order valence-corrected chi connectivity index (χ0v) is 11.6. The maximum Gasteiger partial charge on any atom is 0.326 e. The van der Waals surface area contributed by atoms with Gasteiger partial charge in [0.2, 0.25) is 5.95 Å². The van der Waals surface area contributed by atoms with E-state index in [0.717, 1.165) is 0 Å². The Bertz CT molecular complexity index is 583. The summed E-state index contributed by atoms with van der Waals surface area (Å²) in [5.74, 6) is 0.0176. The number of carbonyl (C=O) groups is 1. The van der Waals surface area contributed by atoms with Gasteiger partial charge >= 0.3 is 6.03 Å². The van der Waals surface area contributed by atoms with Gasteiger partial charge in [-0.3, -0.25) is 5.32 Å². The van der Waals surface area contributed by atoms with Crippen LogP contribution in [-0.2, 0) is 0 Å². The third-order valence-corrected chi connectivity index (χ3v) is 2.63. The van der Waals surface area contributed by atoms with E-state index in [1.807, 2.05) is 0 Å². The Morgan fingerprint density at radius 3 is 2.11 bits per heavy atom. The van der Waals surface area contributed by atoms with E-state index >= 15 is 0 Å². The number of halogens is 3. The maximum atomic E-state index is 11.7. The van der Waals surface area contributed by atoms with Crippen molar-refractivity contribution in [2.45, 2.75) is 0 Å². The molecule has 0 unspecified atom stereocenters. The van der Waals surface area contributed by atoms with Crippen LogP contribution in [0.4, 0.5) is 16.4 Å². The highest BCUT2D eigenvalue weighted by molar-refractivity contribution is 6.33. The normalized spacial score (nSPS) is 10.1. The molecule has 0 spiro atoms. The molecule has 0 saturated carbocycles. The molecule has 2 aromatic rings. The number of amides is 2. The number of anilines is 2. The Kier molecular flexibility index (Phi) is 4.42. The maximum absolute atomic E-state index is 11.7. The van der Waals surface area contributed by atoms with Crippen molar-refractivity contribution < 1.29 is 4.79 Å². The van der Waals surface area contributed by atoms with Crippen LogP contribution in [0.1, 0.15) is 0 Å². The molecule has 0 aliphatic rings. The molecular formula is C11H7Cl3N4O. The van der Waals surface area contributed by atoms with E-state index in [2.05, 4.69) is 20.6 Å². The fourth-order valence-corrected chi connectivity index (χ4v) is 1.79. The summed E-state index contributed by atoms with van der Waals surface area (Å²) < 4.78 is 0. The monoisotopic (exact) mass is 316 g/mol. The van der Waals surface area contributed by atoms with Crippen molar-refractivity contribution in [1.82, 2.24) is 9.97 Å². The van der Waals surface area contributed by atoms with Crippen LogP contribution >= 0.6 is 34.8 Å². The van der Waals surface area contributed by atoms with E-state index in [1.165, 1.54) is 6.07 Å². The third-order valence-electron chi connectivity index (χ3n) is 1.99. The van der Waals surface area contributed by atoms with E-state index in [-0.39, 0.29) is 16.3 Å². The molecule has 0 aliphatic heterocycles. The number of hydrogen-bond donors (Lipinski definition) is 2. The van der Waals surface area contributed by atoms with Gasteiger partial charge in [-0.15, -0.1) is 0 Å². The molecule has 1 aromatic carbocycles. The predicted molar refractivity (Wildman–Crippen MR) is 76.1 cm³/mol. The van der Waals surface area contributed by atoms with E-state index in [1.54, 1.807) is 24.3 Å². The molecule has 0 radical (unpaired) electrons. The van der Waals surface area contributed by atoms with Crippen LogP contribution in [0, 0.1) is 0 Å². The summed E-state index contributed by atoms with van der Waals surface area (Å²) in [6, 6.07) is 7.49. The molecule has 5 nitrogen and oxygen atoms in total. The molecule has 0 fully saturated rings. The lowest BCUT2D eigenvalue weighted by molar-refractivity contribution is 0.262. The first-order valence-corrected chi connectivity index (χ1v) is 6.20. The van der Waals surface area contributed by atoms with Crippen molar-refractivity contribution in [3.63, 3.8) is 0 Å². The van der Waals surface area contributed by atoms with Gasteiger partial charge in [0.05, 0.1) is 0 Å². The lowest BCUT2D eigenvalue weighted by Crippen LogP contribution is -2.20. The highest BCUT2D eigenvalue weighted by Gasteiger charge is 2.07. The highest BCUT2D eigenvalue weighted by Crippen LogP contribution is 2.15. The van der Waals surface area contributed by atoms with Gasteiger partial charge in [-0.2, -0.15) is 0 Å². The molecule has 8 heteroatoms. The number of rotatable bonds is 2. The summed E-state index contributed by atoms with van der Waals surface area (Å²) in [4.78, 5) is 19.3. The van der Waals surface area contributed by atoms with Crippen molar-refractivity contribution >= 4 is 52.5 Å². The average Bonchev–Trinajstić information content (AvgIpc) is 2.30. The molecule has 2 rings (SSSR count). The van der Waals surface area contributed by atoms with Gasteiger partial charge in [-0.1, -0.05) is 34.8 Å². The Morgan fingerprint density at radius 1 is 0.947 bits per heavy atom. The molecule has 19 heavy (non-hydrogen) atoms. The first-order chi connectivity index (χ1) is 9.02. The minimum atomic E-state index is -0.513. The lowest BCUT2D eigenvalue weighted by Gasteiger charge is -2.06. The highest BCUT2D eigenvalue weighted by atomic mass is 35.5. The van der Waals surface area contributed by atoms with Crippen LogP contribution in [0.15, 0.2) is 30.3 Å². The van der Waals surface area contributed by atoms with Crippen molar-refractivity contribution in [2.75, 3.05) is 10.6 Å². The summed E-state index contributed by atoms with van der Waals surface area (Å²) in [6.45, 7) is 0. The number of hydrogen-bond acceptors (Lipinski definition) is 3. The summed E-state index contributed by atoms with van der Waals surface area (Å²) in [6.07, 6.45) is 0. The summed E-state index contributed by atoms with van der Waals surface area (Å²) in [5, 5.41) is 5.85. The number of urea groups is 1. The predicted octanol–water partition coefficient (Wildman–Crippen LogP) is 4.08. The van der Waals surface area contributed by atoms with Crippen LogP contribution in [0.3, 0.4) is 0 Å². The van der Waals surface area contributed by atoms with Gasteiger partial charge in [0.1, 0.15) is 10.3 Å². The Morgan fingerprint density at radius 2 is 1.53 bits per heavy atom. The van der Waals surface area contributed by atoms with Crippen molar-refractivity contribution in [1.29, 1.82) is 0 Å². The smallest absolute Gasteiger partial charge is 0.308 e. The molecule has 0 bridgehead atoms. The van der Waals surface area contributed by atoms with Gasteiger partial charge in [-0.05, 0) is 24.3 Å². The van der Waals surface area contributed by atoms with Gasteiger partial charge in [0.15, 0.2) is 0 Å². The van der Waals surface area contributed by atoms with E-state index in [0.29, 0.717) is 10.7 Å². The second-order valence-corrected chi connectivity index (χ2v) is 4.63. The standard InChI is InChI=1S/C11H7Cl3N4O/c12-6-1-3-7(4-2-6)15-11(19)18-10-16-8(13)5-9(14)17-10/h1-5H,(H2,15,16,17,18,19). The average molecular weight is 318 g/mol. The van der Waals surface area contributed by atoms with Gasteiger partial charge in [0.25, 0.3) is 0 Å². The third kappa shape index (κ3) is 4.24. The summed E-state index contributed by atoms with van der Waals surface area (Å²) >= 11 is 17.1. The van der Waals surface area contributed by atoms with Crippen LogP contribution < -0.4 is 10.6 Å². The number of nitrogens with zero attached hydrogens (tertiary/aromatic N) is 2. The molecule has 0 atom stereocenters. The SMILES string of the molecule is O=C(Nc1ccc(Cl)cc1)Nc1nc(Cl)cc(Cl)n1. The van der Waals surface area contributed by atoms with Crippen molar-refractivity contribution in [2.24, 2.45) is 0 Å². The molecule has 1 heterocycles. The van der Waals surface area contributed by atoms with Gasteiger partial charge < -0.3 is 5.32 Å². The number of aromatic nitrogens is 2. The van der Waals surface area contributed by atoms with E-state index in [9.17, 15) is 4.79 Å². The second-order valence-electron chi connectivity index (χ2n) is 3.42. The fourth-order valence-electron chi connectivity index (χ4n) is 1.24. The van der Waals surface area contributed by atoms with Crippen molar-refractivity contribution in [3.8, 4) is 0 Å². The second kappa shape index (κ2) is 6.06. The van der Waals surface area contributed by atoms with Gasteiger partial charge in [-0.25, -0.2) is 14.8 Å². The minimum Gasteiger partial charge on any atom is -0.308 e. The quantitative estimate of drug-likeness (QED) is 0.820. The molecule has 2 N–H and O–H groups in total. The topological polar surface area (TPSA) is 66.9 Å². The summed E-state index contributed by atoms with van der Waals surface area (Å²) in [5.41, 5.74) is 0.579. The number of nitrogens with one attached hydrogen (secondary N) is 2. The largest absolute Gasteiger partial charge is 0.326 e.